The van der Waals surface area contributed by atoms with Gasteiger partial charge in [0.2, 0.25) is 0 Å². The van der Waals surface area contributed by atoms with Crippen LogP contribution in [0.2, 0.25) is 0 Å². The molecule has 3 N–H and O–H groups in total. The van der Waals surface area contributed by atoms with E-state index in [2.05, 4.69) is 39.6 Å². The van der Waals surface area contributed by atoms with Crippen LogP contribution < -0.4 is 11.1 Å². The zero-order valence-corrected chi connectivity index (χ0v) is 9.38. The average molecular weight is 226 g/mol. The molecule has 1 heterocycles. The van der Waals surface area contributed by atoms with Gasteiger partial charge in [-0.15, -0.1) is 0 Å². The number of anilines is 2. The van der Waals surface area contributed by atoms with Gasteiger partial charge in [-0.25, -0.2) is 9.97 Å². The Bertz CT molecular complexity index is 512. The van der Waals surface area contributed by atoms with Crippen LogP contribution in [-0.2, 0) is 0 Å². The lowest BCUT2D eigenvalue weighted by Crippen LogP contribution is -2.06. The first-order chi connectivity index (χ1) is 8.33. The highest BCUT2D eigenvalue weighted by atomic mass is 15.1. The Hall–Kier alpha value is -2.10. The predicted molar refractivity (Wildman–Crippen MR) is 67.7 cm³/mol. The summed E-state index contributed by atoms with van der Waals surface area (Å²) in [7, 11) is 0. The van der Waals surface area contributed by atoms with E-state index >= 15 is 0 Å². The van der Waals surface area contributed by atoms with Gasteiger partial charge in [0, 0.05) is 18.0 Å². The number of hydrogen-bond acceptors (Lipinski definition) is 4. The third-order valence-corrected chi connectivity index (χ3v) is 3.04. The van der Waals surface area contributed by atoms with Gasteiger partial charge in [0.1, 0.15) is 18.0 Å². The second kappa shape index (κ2) is 4.05. The summed E-state index contributed by atoms with van der Waals surface area (Å²) >= 11 is 0. The molecular formula is C13H14N4. The fourth-order valence-electron chi connectivity index (χ4n) is 2.06. The van der Waals surface area contributed by atoms with Gasteiger partial charge in [0.25, 0.3) is 0 Å². The maximum atomic E-state index is 5.61. The molecule has 86 valence electrons. The van der Waals surface area contributed by atoms with Crippen molar-refractivity contribution in [2.75, 3.05) is 11.1 Å². The summed E-state index contributed by atoms with van der Waals surface area (Å²) in [5, 5.41) is 3.37. The molecule has 1 fully saturated rings. The third kappa shape index (κ3) is 2.20. The lowest BCUT2D eigenvalue weighted by Gasteiger charge is -2.05. The van der Waals surface area contributed by atoms with Gasteiger partial charge in [-0.2, -0.15) is 0 Å². The van der Waals surface area contributed by atoms with Crippen LogP contribution >= 0.6 is 0 Å². The largest absolute Gasteiger partial charge is 0.384 e. The minimum atomic E-state index is 0.465. The molecule has 1 saturated carbocycles. The minimum Gasteiger partial charge on any atom is -0.384 e. The Morgan fingerprint density at radius 1 is 1.18 bits per heavy atom. The van der Waals surface area contributed by atoms with Gasteiger partial charge in [-0.05, 0) is 12.0 Å². The van der Waals surface area contributed by atoms with Gasteiger partial charge in [0.15, 0.2) is 0 Å². The summed E-state index contributed by atoms with van der Waals surface area (Å²) < 4.78 is 0. The molecule has 17 heavy (non-hydrogen) atoms. The van der Waals surface area contributed by atoms with E-state index in [1.165, 1.54) is 11.9 Å². The summed E-state index contributed by atoms with van der Waals surface area (Å²) in [5.41, 5.74) is 6.99. The molecule has 1 aliphatic rings. The standard InChI is InChI=1S/C13H14N4/c14-12-7-13(16-8-15-12)17-11-6-10(11)9-4-2-1-3-5-9/h1-5,7-8,10-11H,6H2,(H3,14,15,16,17). The van der Waals surface area contributed by atoms with Crippen LogP contribution in [0, 0.1) is 0 Å². The number of rotatable bonds is 3. The lowest BCUT2D eigenvalue weighted by atomic mass is 10.1. The molecule has 4 nitrogen and oxygen atoms in total. The Labute approximate surface area is 99.9 Å². The third-order valence-electron chi connectivity index (χ3n) is 3.04. The van der Waals surface area contributed by atoms with Crippen LogP contribution in [0.3, 0.4) is 0 Å². The second-order valence-electron chi connectivity index (χ2n) is 4.33. The van der Waals surface area contributed by atoms with Crippen molar-refractivity contribution in [1.82, 2.24) is 9.97 Å². The molecule has 2 unspecified atom stereocenters. The van der Waals surface area contributed by atoms with E-state index in [0.717, 1.165) is 12.2 Å². The summed E-state index contributed by atoms with van der Waals surface area (Å²) in [6.07, 6.45) is 2.63. The van der Waals surface area contributed by atoms with E-state index in [4.69, 9.17) is 5.73 Å². The van der Waals surface area contributed by atoms with E-state index in [1.54, 1.807) is 6.07 Å². The monoisotopic (exact) mass is 226 g/mol. The molecule has 0 bridgehead atoms. The number of hydrogen-bond donors (Lipinski definition) is 2. The Balaban J connectivity index is 1.66. The van der Waals surface area contributed by atoms with E-state index in [9.17, 15) is 0 Å². The van der Waals surface area contributed by atoms with Crippen LogP contribution in [-0.4, -0.2) is 16.0 Å². The minimum absolute atomic E-state index is 0.465. The van der Waals surface area contributed by atoms with Crippen LogP contribution in [0.4, 0.5) is 11.6 Å². The van der Waals surface area contributed by atoms with Gasteiger partial charge in [-0.1, -0.05) is 30.3 Å². The van der Waals surface area contributed by atoms with E-state index in [-0.39, 0.29) is 0 Å². The van der Waals surface area contributed by atoms with E-state index in [0.29, 0.717) is 17.8 Å². The van der Waals surface area contributed by atoms with Gasteiger partial charge in [0.05, 0.1) is 0 Å². The highest BCUT2D eigenvalue weighted by Crippen LogP contribution is 2.42. The van der Waals surface area contributed by atoms with Gasteiger partial charge >= 0.3 is 0 Å². The fourth-order valence-corrected chi connectivity index (χ4v) is 2.06. The highest BCUT2D eigenvalue weighted by molar-refractivity contribution is 5.46. The summed E-state index contributed by atoms with van der Waals surface area (Å²) in [5.74, 6) is 1.90. The van der Waals surface area contributed by atoms with Gasteiger partial charge in [-0.3, -0.25) is 0 Å². The molecule has 0 aliphatic heterocycles. The summed E-state index contributed by atoms with van der Waals surface area (Å²) in [6, 6.07) is 12.8. The maximum absolute atomic E-state index is 5.61. The maximum Gasteiger partial charge on any atom is 0.131 e. The van der Waals surface area contributed by atoms with Crippen molar-refractivity contribution in [2.45, 2.75) is 18.4 Å². The highest BCUT2D eigenvalue weighted by Gasteiger charge is 2.38. The first-order valence-corrected chi connectivity index (χ1v) is 5.72. The van der Waals surface area contributed by atoms with Crippen molar-refractivity contribution < 1.29 is 0 Å². The number of nitrogens with two attached hydrogens (primary N) is 1. The molecule has 0 amide bonds. The van der Waals surface area contributed by atoms with Crippen molar-refractivity contribution in [1.29, 1.82) is 0 Å². The number of nitrogens with one attached hydrogen (secondary N) is 1. The smallest absolute Gasteiger partial charge is 0.131 e. The zero-order valence-electron chi connectivity index (χ0n) is 9.38. The van der Waals surface area contributed by atoms with Crippen LogP contribution in [0.25, 0.3) is 0 Å². The zero-order chi connectivity index (χ0) is 11.7. The number of aromatic nitrogens is 2. The quantitative estimate of drug-likeness (QED) is 0.840. The van der Waals surface area contributed by atoms with Crippen molar-refractivity contribution in [3.63, 3.8) is 0 Å². The summed E-state index contributed by atoms with van der Waals surface area (Å²) in [4.78, 5) is 8.02. The molecule has 1 aromatic heterocycles. The van der Waals surface area contributed by atoms with Crippen molar-refractivity contribution in [3.05, 3.63) is 48.3 Å². The first kappa shape index (κ1) is 10.1. The number of nitrogens with zero attached hydrogens (tertiary/aromatic N) is 2. The molecule has 1 aliphatic carbocycles. The van der Waals surface area contributed by atoms with Crippen molar-refractivity contribution in [2.24, 2.45) is 0 Å². The van der Waals surface area contributed by atoms with Crippen LogP contribution in [0.15, 0.2) is 42.7 Å². The van der Waals surface area contributed by atoms with E-state index < -0.39 is 0 Å². The summed E-state index contributed by atoms with van der Waals surface area (Å²) in [6.45, 7) is 0. The molecule has 2 aromatic rings. The van der Waals surface area contributed by atoms with Crippen molar-refractivity contribution in [3.8, 4) is 0 Å². The number of benzene rings is 1. The predicted octanol–water partition coefficient (Wildman–Crippen LogP) is 2.03. The number of nitrogen functional groups attached to an aromatic ring is 1. The SMILES string of the molecule is Nc1cc(NC2CC2c2ccccc2)ncn1. The molecule has 3 rings (SSSR count). The fraction of sp³-hybridized carbons (Fsp3) is 0.231. The molecule has 0 saturated heterocycles. The second-order valence-corrected chi connectivity index (χ2v) is 4.33. The topological polar surface area (TPSA) is 63.8 Å². The van der Waals surface area contributed by atoms with Gasteiger partial charge < -0.3 is 11.1 Å². The molecule has 0 radical (unpaired) electrons. The van der Waals surface area contributed by atoms with Crippen LogP contribution in [0.1, 0.15) is 17.9 Å². The molecule has 0 spiro atoms. The van der Waals surface area contributed by atoms with Crippen LogP contribution in [0.5, 0.6) is 0 Å². The first-order valence-electron chi connectivity index (χ1n) is 5.72. The average Bonchev–Trinajstić information content (AvgIpc) is 3.10. The normalized spacial score (nSPS) is 22.1. The van der Waals surface area contributed by atoms with Crippen molar-refractivity contribution >= 4 is 11.6 Å². The lowest BCUT2D eigenvalue weighted by molar-refractivity contribution is 1.02. The Morgan fingerprint density at radius 2 is 2.00 bits per heavy atom. The molecule has 4 heteroatoms. The van der Waals surface area contributed by atoms with E-state index in [1.807, 2.05) is 6.07 Å². The molecular weight excluding hydrogens is 212 g/mol. The molecule has 2 atom stereocenters. The molecule has 1 aromatic carbocycles. The Kier molecular flexibility index (Phi) is 2.40. The Morgan fingerprint density at radius 3 is 2.76 bits per heavy atom.